The zero-order chi connectivity index (χ0) is 8.39. The van der Waals surface area contributed by atoms with Gasteiger partial charge in [-0.1, -0.05) is 6.07 Å². The highest BCUT2D eigenvalue weighted by molar-refractivity contribution is 5.89. The Hall–Kier alpha value is -1.86. The van der Waals surface area contributed by atoms with E-state index in [-0.39, 0.29) is 0 Å². The summed E-state index contributed by atoms with van der Waals surface area (Å²) >= 11 is 0. The lowest BCUT2D eigenvalue weighted by atomic mass is 10.2. The summed E-state index contributed by atoms with van der Waals surface area (Å²) in [5, 5.41) is 0.834. The molecule has 0 spiro atoms. The molecule has 58 valence electrons. The van der Waals surface area contributed by atoms with Crippen LogP contribution in [0.4, 0.5) is 5.69 Å². The molecule has 0 saturated heterocycles. The average molecular weight is 159 g/mol. The Morgan fingerprint density at radius 3 is 3.08 bits per heavy atom. The second-order valence-corrected chi connectivity index (χ2v) is 2.31. The van der Waals surface area contributed by atoms with Crippen LogP contribution in [-0.4, -0.2) is 6.08 Å². The zero-order valence-corrected chi connectivity index (χ0v) is 6.15. The minimum Gasteiger partial charge on any atom is -0.464 e. The second kappa shape index (κ2) is 2.64. The molecule has 0 saturated carbocycles. The molecule has 12 heavy (non-hydrogen) atoms. The quantitative estimate of drug-likeness (QED) is 0.473. The van der Waals surface area contributed by atoms with Gasteiger partial charge < -0.3 is 4.42 Å². The van der Waals surface area contributed by atoms with E-state index in [1.165, 1.54) is 6.08 Å². The zero-order valence-electron chi connectivity index (χ0n) is 6.15. The monoisotopic (exact) mass is 159 g/mol. The van der Waals surface area contributed by atoms with Gasteiger partial charge >= 0.3 is 0 Å². The van der Waals surface area contributed by atoms with Gasteiger partial charge in [-0.05, 0) is 18.2 Å². The Morgan fingerprint density at radius 2 is 2.25 bits per heavy atom. The van der Waals surface area contributed by atoms with Gasteiger partial charge in [-0.3, -0.25) is 0 Å². The molecule has 2 rings (SSSR count). The molecule has 0 radical (unpaired) electrons. The van der Waals surface area contributed by atoms with Gasteiger partial charge in [-0.15, -0.1) is 0 Å². The van der Waals surface area contributed by atoms with Crippen LogP contribution in [0.3, 0.4) is 0 Å². The lowest BCUT2D eigenvalue weighted by molar-refractivity contribution is 0.565. The van der Waals surface area contributed by atoms with Gasteiger partial charge in [0.25, 0.3) is 0 Å². The van der Waals surface area contributed by atoms with Gasteiger partial charge in [0.2, 0.25) is 6.08 Å². The van der Waals surface area contributed by atoms with Crippen molar-refractivity contribution in [2.24, 2.45) is 4.99 Å². The molecule has 0 bridgehead atoms. The molecular weight excluding hydrogens is 154 g/mol. The number of benzene rings is 1. The number of aliphatic imine (C=N–C) groups is 1. The van der Waals surface area contributed by atoms with E-state index in [1.807, 2.05) is 6.07 Å². The van der Waals surface area contributed by atoms with Crippen LogP contribution >= 0.6 is 0 Å². The maximum atomic E-state index is 10.0. The van der Waals surface area contributed by atoms with Gasteiger partial charge in [0.05, 0.1) is 12.0 Å². The summed E-state index contributed by atoms with van der Waals surface area (Å²) in [6.07, 6.45) is 3.06. The van der Waals surface area contributed by atoms with Gasteiger partial charge in [-0.25, -0.2) is 4.79 Å². The Labute approximate surface area is 68.3 Å². The van der Waals surface area contributed by atoms with Crippen molar-refractivity contribution in [1.82, 2.24) is 0 Å². The maximum absolute atomic E-state index is 10.0. The summed E-state index contributed by atoms with van der Waals surface area (Å²) in [5.74, 6) is 0. The third kappa shape index (κ3) is 0.929. The van der Waals surface area contributed by atoms with E-state index in [2.05, 4.69) is 4.99 Å². The molecule has 0 atom stereocenters. The lowest BCUT2D eigenvalue weighted by Crippen LogP contribution is -1.65. The van der Waals surface area contributed by atoms with Crippen molar-refractivity contribution < 1.29 is 9.21 Å². The lowest BCUT2D eigenvalue weighted by Gasteiger charge is -1.90. The fourth-order valence-electron chi connectivity index (χ4n) is 1.12. The van der Waals surface area contributed by atoms with Crippen molar-refractivity contribution in [3.63, 3.8) is 0 Å². The normalized spacial score (nSPS) is 9.67. The van der Waals surface area contributed by atoms with E-state index in [9.17, 15) is 4.79 Å². The number of isocyanates is 1. The van der Waals surface area contributed by atoms with E-state index in [1.54, 1.807) is 24.5 Å². The number of hydrogen-bond acceptors (Lipinski definition) is 3. The van der Waals surface area contributed by atoms with Crippen molar-refractivity contribution in [1.29, 1.82) is 0 Å². The van der Waals surface area contributed by atoms with Gasteiger partial charge in [0.15, 0.2) is 0 Å². The Kier molecular flexibility index (Phi) is 1.50. The average Bonchev–Trinajstić information content (AvgIpc) is 2.53. The first kappa shape index (κ1) is 6.83. The van der Waals surface area contributed by atoms with Crippen molar-refractivity contribution in [2.45, 2.75) is 0 Å². The minimum atomic E-state index is 0.594. The first-order valence-electron chi connectivity index (χ1n) is 3.46. The highest BCUT2D eigenvalue weighted by Crippen LogP contribution is 2.25. The Balaban J connectivity index is 2.81. The van der Waals surface area contributed by atoms with Crippen LogP contribution in [0.5, 0.6) is 0 Å². The first-order valence-corrected chi connectivity index (χ1v) is 3.46. The van der Waals surface area contributed by atoms with Crippen LogP contribution in [0.2, 0.25) is 0 Å². The number of rotatable bonds is 1. The van der Waals surface area contributed by atoms with E-state index >= 15 is 0 Å². The summed E-state index contributed by atoms with van der Waals surface area (Å²) < 4.78 is 5.12. The number of furan rings is 1. The molecule has 0 aliphatic rings. The molecule has 3 nitrogen and oxygen atoms in total. The third-order valence-corrected chi connectivity index (χ3v) is 1.64. The van der Waals surface area contributed by atoms with Gasteiger partial charge in [0.1, 0.15) is 5.58 Å². The van der Waals surface area contributed by atoms with Crippen molar-refractivity contribution in [2.75, 3.05) is 0 Å². The minimum absolute atomic E-state index is 0.594. The maximum Gasteiger partial charge on any atom is 0.240 e. The molecule has 0 N–H and O–H groups in total. The van der Waals surface area contributed by atoms with Gasteiger partial charge in [0, 0.05) is 5.39 Å². The van der Waals surface area contributed by atoms with E-state index in [4.69, 9.17) is 4.42 Å². The molecule has 1 aromatic heterocycles. The Morgan fingerprint density at radius 1 is 1.33 bits per heavy atom. The smallest absolute Gasteiger partial charge is 0.240 e. The van der Waals surface area contributed by atoms with Gasteiger partial charge in [-0.2, -0.15) is 4.99 Å². The predicted octanol–water partition coefficient (Wildman–Crippen LogP) is 2.40. The largest absolute Gasteiger partial charge is 0.464 e. The third-order valence-electron chi connectivity index (χ3n) is 1.64. The van der Waals surface area contributed by atoms with Crippen molar-refractivity contribution >= 4 is 22.7 Å². The SMILES string of the molecule is O=C=Nc1cccc2occc12. The highest BCUT2D eigenvalue weighted by atomic mass is 16.3. The van der Waals surface area contributed by atoms with Crippen LogP contribution in [0.1, 0.15) is 0 Å². The van der Waals surface area contributed by atoms with Crippen LogP contribution in [0, 0.1) is 0 Å². The number of fused-ring (bicyclic) bond motifs is 1. The molecule has 1 heterocycles. The Bertz CT molecular complexity index is 452. The standard InChI is InChI=1S/C9H5NO2/c11-6-10-8-2-1-3-9-7(8)4-5-12-9/h1-5H. The molecule has 0 fully saturated rings. The number of carbonyl (C=O) groups excluding carboxylic acids is 1. The van der Waals surface area contributed by atoms with E-state index < -0.39 is 0 Å². The second-order valence-electron chi connectivity index (χ2n) is 2.31. The molecular formula is C9H5NO2. The molecule has 3 heteroatoms. The van der Waals surface area contributed by atoms with Crippen LogP contribution in [0.15, 0.2) is 39.9 Å². The molecule has 0 aliphatic carbocycles. The van der Waals surface area contributed by atoms with Crippen molar-refractivity contribution in [3.8, 4) is 0 Å². The molecule has 0 aliphatic heterocycles. The van der Waals surface area contributed by atoms with E-state index in [0.717, 1.165) is 11.0 Å². The predicted molar refractivity (Wildman–Crippen MR) is 44.0 cm³/mol. The first-order chi connectivity index (χ1) is 5.92. The van der Waals surface area contributed by atoms with Crippen LogP contribution in [0.25, 0.3) is 11.0 Å². The summed E-state index contributed by atoms with van der Waals surface area (Å²) in [4.78, 5) is 13.6. The number of hydrogen-bond donors (Lipinski definition) is 0. The van der Waals surface area contributed by atoms with E-state index in [0.29, 0.717) is 5.69 Å². The number of nitrogens with zero attached hydrogens (tertiary/aromatic N) is 1. The summed E-state index contributed by atoms with van der Waals surface area (Å²) in [7, 11) is 0. The summed E-state index contributed by atoms with van der Waals surface area (Å²) in [5.41, 5.74) is 1.32. The van der Waals surface area contributed by atoms with Crippen molar-refractivity contribution in [3.05, 3.63) is 30.5 Å². The molecule has 0 amide bonds. The molecule has 1 aromatic carbocycles. The summed E-state index contributed by atoms with van der Waals surface area (Å²) in [6.45, 7) is 0. The van der Waals surface area contributed by atoms with Crippen LogP contribution < -0.4 is 0 Å². The molecule has 0 unspecified atom stereocenters. The topological polar surface area (TPSA) is 42.6 Å². The fourth-order valence-corrected chi connectivity index (χ4v) is 1.12. The fraction of sp³-hybridized carbons (Fsp3) is 0. The molecule has 2 aromatic rings. The van der Waals surface area contributed by atoms with Crippen LogP contribution in [-0.2, 0) is 4.79 Å². The summed E-state index contributed by atoms with van der Waals surface area (Å²) in [6, 6.07) is 7.11. The highest BCUT2D eigenvalue weighted by Gasteiger charge is 2.00.